The lowest BCUT2D eigenvalue weighted by molar-refractivity contribution is 0.947. The zero-order valence-electron chi connectivity index (χ0n) is 7.24. The molecule has 0 aliphatic rings. The molecule has 0 saturated heterocycles. The highest BCUT2D eigenvalue weighted by molar-refractivity contribution is 9.09. The summed E-state index contributed by atoms with van der Waals surface area (Å²) in [5.74, 6) is 0. The van der Waals surface area contributed by atoms with Crippen molar-refractivity contribution in [2.45, 2.75) is 4.95 Å². The number of aryl methyl sites for hydroxylation is 1. The number of rotatable bonds is 1. The number of halogens is 1. The first-order valence-electron chi connectivity index (χ1n) is 3.99. The van der Waals surface area contributed by atoms with Crippen LogP contribution in [0.25, 0.3) is 11.0 Å². The Kier molecular flexibility index (Phi) is 2.09. The van der Waals surface area contributed by atoms with Crippen molar-refractivity contribution in [2.24, 2.45) is 12.8 Å². The van der Waals surface area contributed by atoms with Gasteiger partial charge in [0.05, 0.1) is 22.3 Å². The van der Waals surface area contributed by atoms with E-state index in [1.807, 2.05) is 29.8 Å². The van der Waals surface area contributed by atoms with Crippen molar-refractivity contribution in [2.75, 3.05) is 0 Å². The Morgan fingerprint density at radius 3 is 3.00 bits per heavy atom. The van der Waals surface area contributed by atoms with Gasteiger partial charge in [-0.25, -0.2) is 4.98 Å². The first kappa shape index (κ1) is 8.72. The first-order valence-corrected chi connectivity index (χ1v) is 4.90. The lowest BCUT2D eigenvalue weighted by Gasteiger charge is -2.03. The number of alkyl halides is 1. The van der Waals surface area contributed by atoms with E-state index in [0.717, 1.165) is 16.6 Å². The van der Waals surface area contributed by atoms with Crippen LogP contribution in [0.2, 0.25) is 0 Å². The highest BCUT2D eigenvalue weighted by Crippen LogP contribution is 2.20. The lowest BCUT2D eigenvalue weighted by atomic mass is 10.2. The van der Waals surface area contributed by atoms with Crippen molar-refractivity contribution < 1.29 is 0 Å². The van der Waals surface area contributed by atoms with E-state index in [1.165, 1.54) is 0 Å². The molecule has 2 rings (SSSR count). The van der Waals surface area contributed by atoms with Gasteiger partial charge in [-0.3, -0.25) is 0 Å². The molecule has 0 aliphatic heterocycles. The predicted octanol–water partition coefficient (Wildman–Crippen LogP) is 1.93. The fourth-order valence-corrected chi connectivity index (χ4v) is 1.61. The number of nitrogens with two attached hydrogens (primary N) is 1. The summed E-state index contributed by atoms with van der Waals surface area (Å²) >= 11 is 3.32. The van der Waals surface area contributed by atoms with Gasteiger partial charge in [-0.15, -0.1) is 0 Å². The SMILES string of the molecule is Cn1cnc2cc(C(N)Br)ccc21. The van der Waals surface area contributed by atoms with Crippen LogP contribution in [0.5, 0.6) is 0 Å². The highest BCUT2D eigenvalue weighted by Gasteiger charge is 2.04. The molecule has 3 nitrogen and oxygen atoms in total. The van der Waals surface area contributed by atoms with Gasteiger partial charge in [-0.1, -0.05) is 22.0 Å². The molecule has 0 saturated carbocycles. The summed E-state index contributed by atoms with van der Waals surface area (Å²) in [5.41, 5.74) is 8.84. The van der Waals surface area contributed by atoms with Gasteiger partial charge in [0.25, 0.3) is 0 Å². The predicted molar refractivity (Wildman–Crippen MR) is 56.6 cm³/mol. The maximum absolute atomic E-state index is 5.69. The van der Waals surface area contributed by atoms with Crippen molar-refractivity contribution in [3.63, 3.8) is 0 Å². The molecule has 0 radical (unpaired) electrons. The third-order valence-electron chi connectivity index (χ3n) is 2.07. The van der Waals surface area contributed by atoms with Crippen LogP contribution in [0.4, 0.5) is 0 Å². The quantitative estimate of drug-likeness (QED) is 0.611. The van der Waals surface area contributed by atoms with Crippen molar-refractivity contribution in [1.29, 1.82) is 0 Å². The summed E-state index contributed by atoms with van der Waals surface area (Å²) in [6.07, 6.45) is 1.80. The Hall–Kier alpha value is -0.870. The van der Waals surface area contributed by atoms with Crippen LogP contribution in [-0.4, -0.2) is 9.55 Å². The van der Waals surface area contributed by atoms with Crippen LogP contribution >= 0.6 is 15.9 Å². The van der Waals surface area contributed by atoms with Gasteiger partial charge in [0.1, 0.15) is 0 Å². The van der Waals surface area contributed by atoms with E-state index < -0.39 is 0 Å². The van der Waals surface area contributed by atoms with Crippen LogP contribution in [0, 0.1) is 0 Å². The van der Waals surface area contributed by atoms with E-state index in [9.17, 15) is 0 Å². The molecule has 2 N–H and O–H groups in total. The molecule has 1 aromatic heterocycles. The fraction of sp³-hybridized carbons (Fsp3) is 0.222. The summed E-state index contributed by atoms with van der Waals surface area (Å²) in [6.45, 7) is 0. The molecule has 1 atom stereocenters. The molecule has 2 aromatic rings. The maximum Gasteiger partial charge on any atom is 0.0955 e. The van der Waals surface area contributed by atoms with Gasteiger partial charge < -0.3 is 10.3 Å². The maximum atomic E-state index is 5.69. The molecular weight excluding hydrogens is 230 g/mol. The number of hydrogen-bond donors (Lipinski definition) is 1. The normalized spacial score (nSPS) is 13.5. The second-order valence-electron chi connectivity index (χ2n) is 3.01. The average molecular weight is 240 g/mol. The molecule has 0 aliphatic carbocycles. The standard InChI is InChI=1S/C9H10BrN3/c1-13-5-12-7-4-6(9(10)11)2-3-8(7)13/h2-5,9H,11H2,1H3. The number of imidazole rings is 1. The minimum atomic E-state index is -0.112. The average Bonchev–Trinajstić information content (AvgIpc) is 2.47. The van der Waals surface area contributed by atoms with Crippen molar-refractivity contribution in [3.8, 4) is 0 Å². The zero-order valence-corrected chi connectivity index (χ0v) is 8.82. The Morgan fingerprint density at radius 1 is 1.54 bits per heavy atom. The summed E-state index contributed by atoms with van der Waals surface area (Å²) in [5, 5.41) is 0. The monoisotopic (exact) mass is 239 g/mol. The van der Waals surface area contributed by atoms with Gasteiger partial charge in [0.15, 0.2) is 0 Å². The van der Waals surface area contributed by atoms with Crippen LogP contribution in [0.15, 0.2) is 24.5 Å². The molecule has 0 fully saturated rings. The number of benzene rings is 1. The molecule has 4 heteroatoms. The van der Waals surface area contributed by atoms with Crippen molar-refractivity contribution in [3.05, 3.63) is 30.1 Å². The van der Waals surface area contributed by atoms with Gasteiger partial charge in [0, 0.05) is 7.05 Å². The minimum absolute atomic E-state index is 0.112. The molecule has 1 unspecified atom stereocenters. The van der Waals surface area contributed by atoms with Gasteiger partial charge >= 0.3 is 0 Å². The van der Waals surface area contributed by atoms with Gasteiger partial charge in [0.2, 0.25) is 0 Å². The molecule has 0 amide bonds. The van der Waals surface area contributed by atoms with Crippen LogP contribution in [0.1, 0.15) is 10.5 Å². The zero-order chi connectivity index (χ0) is 9.42. The summed E-state index contributed by atoms with van der Waals surface area (Å²) in [7, 11) is 1.98. The molecule has 1 aromatic carbocycles. The Morgan fingerprint density at radius 2 is 2.31 bits per heavy atom. The fourth-order valence-electron chi connectivity index (χ4n) is 1.32. The molecule has 1 heterocycles. The van der Waals surface area contributed by atoms with Crippen molar-refractivity contribution >= 4 is 27.0 Å². The topological polar surface area (TPSA) is 43.8 Å². The largest absolute Gasteiger partial charge is 0.334 e. The second-order valence-corrected chi connectivity index (χ2v) is 3.99. The van der Waals surface area contributed by atoms with E-state index in [0.29, 0.717) is 0 Å². The van der Waals surface area contributed by atoms with Crippen LogP contribution < -0.4 is 5.73 Å². The summed E-state index contributed by atoms with van der Waals surface area (Å²) in [6, 6.07) is 6.02. The van der Waals surface area contributed by atoms with E-state index in [4.69, 9.17) is 5.73 Å². The van der Waals surface area contributed by atoms with Crippen molar-refractivity contribution in [1.82, 2.24) is 9.55 Å². The third kappa shape index (κ3) is 1.47. The van der Waals surface area contributed by atoms with Crippen LogP contribution in [0.3, 0.4) is 0 Å². The highest BCUT2D eigenvalue weighted by atomic mass is 79.9. The molecule has 0 bridgehead atoms. The van der Waals surface area contributed by atoms with Gasteiger partial charge in [-0.05, 0) is 17.7 Å². The molecule has 0 spiro atoms. The van der Waals surface area contributed by atoms with E-state index in [1.54, 1.807) is 6.33 Å². The Bertz CT molecular complexity index is 433. The third-order valence-corrected chi connectivity index (χ3v) is 2.60. The van der Waals surface area contributed by atoms with Gasteiger partial charge in [-0.2, -0.15) is 0 Å². The number of nitrogens with zero attached hydrogens (tertiary/aromatic N) is 2. The molecular formula is C9H10BrN3. The Labute approximate surface area is 84.7 Å². The van der Waals surface area contributed by atoms with Crippen LogP contribution in [-0.2, 0) is 7.05 Å². The smallest absolute Gasteiger partial charge is 0.0955 e. The lowest BCUT2D eigenvalue weighted by Crippen LogP contribution is -2.00. The Balaban J connectivity index is 2.63. The second kappa shape index (κ2) is 3.12. The van der Waals surface area contributed by atoms with E-state index in [-0.39, 0.29) is 4.95 Å². The molecule has 13 heavy (non-hydrogen) atoms. The summed E-state index contributed by atoms with van der Waals surface area (Å²) in [4.78, 5) is 4.14. The minimum Gasteiger partial charge on any atom is -0.334 e. The van der Waals surface area contributed by atoms with E-state index in [2.05, 4.69) is 20.9 Å². The number of hydrogen-bond acceptors (Lipinski definition) is 2. The van der Waals surface area contributed by atoms with E-state index >= 15 is 0 Å². The first-order chi connectivity index (χ1) is 6.18. The number of aromatic nitrogens is 2. The summed E-state index contributed by atoms with van der Waals surface area (Å²) < 4.78 is 1.98. The number of fused-ring (bicyclic) bond motifs is 1. The molecule has 68 valence electrons.